The number of benzene rings is 1. The van der Waals surface area contributed by atoms with E-state index >= 15 is 0 Å². The van der Waals surface area contributed by atoms with E-state index in [-0.39, 0.29) is 0 Å². The van der Waals surface area contributed by atoms with Crippen molar-refractivity contribution in [1.29, 1.82) is 0 Å². The molecule has 0 aliphatic rings. The predicted octanol–water partition coefficient (Wildman–Crippen LogP) is 3.37. The molecule has 19 heavy (non-hydrogen) atoms. The van der Waals surface area contributed by atoms with Crippen molar-refractivity contribution in [3.8, 4) is 0 Å². The number of aryl methyl sites for hydroxylation is 1. The van der Waals surface area contributed by atoms with Crippen LogP contribution in [0.1, 0.15) is 18.9 Å². The Morgan fingerprint density at radius 1 is 1.21 bits per heavy atom. The molecule has 0 aliphatic carbocycles. The first-order chi connectivity index (χ1) is 9.22. The lowest BCUT2D eigenvalue weighted by molar-refractivity contribution is 0.948. The fourth-order valence-corrected chi connectivity index (χ4v) is 1.92. The summed E-state index contributed by atoms with van der Waals surface area (Å²) >= 11 is 0. The number of nitrogens with zero attached hydrogens (tertiary/aromatic N) is 3. The van der Waals surface area contributed by atoms with Crippen LogP contribution in [-0.4, -0.2) is 23.6 Å². The second-order valence-electron chi connectivity index (χ2n) is 4.51. The Morgan fingerprint density at radius 2 is 2.00 bits per heavy atom. The van der Waals surface area contributed by atoms with Crippen LogP contribution >= 0.6 is 0 Å². The van der Waals surface area contributed by atoms with Crippen molar-refractivity contribution in [2.45, 2.75) is 20.3 Å². The zero-order chi connectivity index (χ0) is 13.7. The highest BCUT2D eigenvalue weighted by Crippen LogP contribution is 2.25. The van der Waals surface area contributed by atoms with E-state index in [0.29, 0.717) is 5.95 Å². The molecular formula is C15H20N4. The maximum atomic E-state index is 4.53. The maximum Gasteiger partial charge on any atom is 0.224 e. The van der Waals surface area contributed by atoms with Crippen molar-refractivity contribution in [1.82, 2.24) is 9.97 Å². The van der Waals surface area contributed by atoms with Crippen molar-refractivity contribution in [3.05, 3.63) is 42.1 Å². The predicted molar refractivity (Wildman–Crippen MR) is 80.1 cm³/mol. The molecule has 1 aromatic carbocycles. The van der Waals surface area contributed by atoms with Gasteiger partial charge in [0, 0.05) is 25.5 Å². The summed E-state index contributed by atoms with van der Waals surface area (Å²) in [4.78, 5) is 10.8. The normalized spacial score (nSPS) is 10.3. The number of nitrogens with one attached hydrogen (secondary N) is 1. The van der Waals surface area contributed by atoms with Crippen LogP contribution < -0.4 is 10.2 Å². The molecule has 1 heterocycles. The van der Waals surface area contributed by atoms with E-state index in [1.54, 1.807) is 6.20 Å². The molecule has 0 aliphatic heterocycles. The standard InChI is InChI=1S/C15H20N4/c1-4-10-16-15-17-11-9-14(18-15)19(3)13-8-6-5-7-12(13)2/h5-9,11H,4,10H2,1-3H3,(H,16,17,18). The number of para-hydroxylation sites is 1. The lowest BCUT2D eigenvalue weighted by Crippen LogP contribution is -2.14. The van der Waals surface area contributed by atoms with Gasteiger partial charge in [-0.15, -0.1) is 0 Å². The van der Waals surface area contributed by atoms with Crippen molar-refractivity contribution in [2.75, 3.05) is 23.8 Å². The third-order valence-electron chi connectivity index (χ3n) is 2.99. The highest BCUT2D eigenvalue weighted by atomic mass is 15.2. The molecule has 0 atom stereocenters. The van der Waals surface area contributed by atoms with Crippen LogP contribution in [0.15, 0.2) is 36.5 Å². The molecule has 1 aromatic heterocycles. The molecule has 0 bridgehead atoms. The van der Waals surface area contributed by atoms with Crippen molar-refractivity contribution in [2.24, 2.45) is 0 Å². The van der Waals surface area contributed by atoms with Gasteiger partial charge in [0.2, 0.25) is 5.95 Å². The Kier molecular flexibility index (Phi) is 4.34. The molecule has 2 rings (SSSR count). The summed E-state index contributed by atoms with van der Waals surface area (Å²) < 4.78 is 0. The second-order valence-corrected chi connectivity index (χ2v) is 4.51. The Labute approximate surface area is 114 Å². The van der Waals surface area contributed by atoms with Crippen LogP contribution in [0.25, 0.3) is 0 Å². The van der Waals surface area contributed by atoms with Crippen LogP contribution in [0.5, 0.6) is 0 Å². The summed E-state index contributed by atoms with van der Waals surface area (Å²) in [7, 11) is 2.02. The van der Waals surface area contributed by atoms with Gasteiger partial charge in [-0.2, -0.15) is 4.98 Å². The van der Waals surface area contributed by atoms with Gasteiger partial charge < -0.3 is 10.2 Å². The highest BCUT2D eigenvalue weighted by molar-refractivity contribution is 5.63. The lowest BCUT2D eigenvalue weighted by atomic mass is 10.2. The van der Waals surface area contributed by atoms with Gasteiger partial charge in [0.05, 0.1) is 0 Å². The molecule has 0 spiro atoms. The molecule has 1 N–H and O–H groups in total. The maximum absolute atomic E-state index is 4.53. The van der Waals surface area contributed by atoms with Crippen LogP contribution in [0.3, 0.4) is 0 Å². The number of hydrogen-bond donors (Lipinski definition) is 1. The van der Waals surface area contributed by atoms with E-state index in [2.05, 4.69) is 46.2 Å². The molecule has 0 saturated carbocycles. The number of aromatic nitrogens is 2. The van der Waals surface area contributed by atoms with Crippen LogP contribution in [-0.2, 0) is 0 Å². The third-order valence-corrected chi connectivity index (χ3v) is 2.99. The van der Waals surface area contributed by atoms with E-state index in [4.69, 9.17) is 0 Å². The molecule has 0 unspecified atom stereocenters. The largest absolute Gasteiger partial charge is 0.354 e. The van der Waals surface area contributed by atoms with E-state index in [9.17, 15) is 0 Å². The summed E-state index contributed by atoms with van der Waals surface area (Å²) in [6.45, 7) is 5.11. The smallest absolute Gasteiger partial charge is 0.224 e. The monoisotopic (exact) mass is 256 g/mol. The number of hydrogen-bond acceptors (Lipinski definition) is 4. The number of anilines is 3. The molecule has 0 saturated heterocycles. The van der Waals surface area contributed by atoms with Crippen molar-refractivity contribution < 1.29 is 0 Å². The summed E-state index contributed by atoms with van der Waals surface area (Å²) in [6.07, 6.45) is 2.84. The van der Waals surface area contributed by atoms with Crippen LogP contribution in [0.4, 0.5) is 17.5 Å². The first-order valence-electron chi connectivity index (χ1n) is 6.58. The van der Waals surface area contributed by atoms with E-state index in [0.717, 1.165) is 24.5 Å². The van der Waals surface area contributed by atoms with E-state index < -0.39 is 0 Å². The Morgan fingerprint density at radius 3 is 2.74 bits per heavy atom. The third kappa shape index (κ3) is 3.22. The fourth-order valence-electron chi connectivity index (χ4n) is 1.92. The number of rotatable bonds is 5. The quantitative estimate of drug-likeness (QED) is 0.890. The molecule has 2 aromatic rings. The molecule has 0 amide bonds. The van der Waals surface area contributed by atoms with Gasteiger partial charge in [0.25, 0.3) is 0 Å². The van der Waals surface area contributed by atoms with Gasteiger partial charge in [0.1, 0.15) is 5.82 Å². The van der Waals surface area contributed by atoms with E-state index in [1.165, 1.54) is 5.56 Å². The Hall–Kier alpha value is -2.10. The fraction of sp³-hybridized carbons (Fsp3) is 0.333. The molecule has 0 radical (unpaired) electrons. The minimum atomic E-state index is 0.680. The van der Waals surface area contributed by atoms with Crippen molar-refractivity contribution in [3.63, 3.8) is 0 Å². The average molecular weight is 256 g/mol. The summed E-state index contributed by atoms with van der Waals surface area (Å²) in [6, 6.07) is 10.2. The second kappa shape index (κ2) is 6.18. The molecule has 4 heteroatoms. The van der Waals surface area contributed by atoms with Gasteiger partial charge in [0.15, 0.2) is 0 Å². The minimum Gasteiger partial charge on any atom is -0.354 e. The van der Waals surface area contributed by atoms with Crippen molar-refractivity contribution >= 4 is 17.5 Å². The van der Waals surface area contributed by atoms with Gasteiger partial charge in [-0.25, -0.2) is 4.98 Å². The van der Waals surface area contributed by atoms with Gasteiger partial charge in [-0.05, 0) is 31.0 Å². The minimum absolute atomic E-state index is 0.680. The molecule has 4 nitrogen and oxygen atoms in total. The Balaban J connectivity index is 2.24. The average Bonchev–Trinajstić information content (AvgIpc) is 2.45. The zero-order valence-corrected chi connectivity index (χ0v) is 11.7. The van der Waals surface area contributed by atoms with Gasteiger partial charge in [-0.3, -0.25) is 0 Å². The SMILES string of the molecule is CCCNc1nccc(N(C)c2ccccc2C)n1. The summed E-state index contributed by atoms with van der Waals surface area (Å²) in [5.41, 5.74) is 2.38. The first-order valence-corrected chi connectivity index (χ1v) is 6.58. The summed E-state index contributed by atoms with van der Waals surface area (Å²) in [5, 5.41) is 3.21. The summed E-state index contributed by atoms with van der Waals surface area (Å²) in [5.74, 6) is 1.57. The Bertz CT molecular complexity index is 539. The molecule has 0 fully saturated rings. The molecular weight excluding hydrogens is 236 g/mol. The lowest BCUT2D eigenvalue weighted by Gasteiger charge is -2.20. The topological polar surface area (TPSA) is 41.1 Å². The van der Waals surface area contributed by atoms with E-state index in [1.807, 2.05) is 25.2 Å². The highest BCUT2D eigenvalue weighted by Gasteiger charge is 2.08. The van der Waals surface area contributed by atoms with Crippen LogP contribution in [0.2, 0.25) is 0 Å². The van der Waals surface area contributed by atoms with Gasteiger partial charge in [-0.1, -0.05) is 25.1 Å². The molecule has 100 valence electrons. The van der Waals surface area contributed by atoms with Crippen LogP contribution in [0, 0.1) is 6.92 Å². The van der Waals surface area contributed by atoms with Gasteiger partial charge >= 0.3 is 0 Å². The first kappa shape index (κ1) is 13.3. The zero-order valence-electron chi connectivity index (χ0n) is 11.7.